The number of carbonyl (C=O) groups excluding carboxylic acids is 2. The molecule has 3 aliphatic rings. The molecule has 3 fully saturated rings. The maximum Gasteiger partial charge on any atom is 0.335 e. The Kier molecular flexibility index (Phi) is 13.5. The van der Waals surface area contributed by atoms with Gasteiger partial charge in [-0.1, -0.05) is 70.0 Å². The zero-order valence-electron chi connectivity index (χ0n) is 27.0. The second-order valence-electron chi connectivity index (χ2n) is 13.9. The van der Waals surface area contributed by atoms with E-state index in [4.69, 9.17) is 9.47 Å². The standard InChI is InChI=1S/C38H56O6/c1-4-5-28-6-8-29(9-7-28)30-10-12-31(13-11-30)32-14-16-33(17-15-32)34-18-20-35(21-19-34)36(24-43-37(41)26(2)22-39)25-44-38(42)27(3)23-40/h14-17,28-31,34-36,39-40H,2-13,18-25H2,1H3. The van der Waals surface area contributed by atoms with E-state index in [2.05, 4.69) is 44.3 Å². The Morgan fingerprint density at radius 1 is 0.705 bits per heavy atom. The van der Waals surface area contributed by atoms with Gasteiger partial charge in [-0.25, -0.2) is 9.59 Å². The SMILES string of the molecule is C=C(CO)C(=O)OCC(COC(=O)C(=C)CO)C1CCC(c2ccc(C3CCC(C4CCC(CCC)CC4)CC3)cc2)CC1. The summed E-state index contributed by atoms with van der Waals surface area (Å²) >= 11 is 0. The number of carbonyl (C=O) groups is 2. The Hall–Kier alpha value is -2.44. The van der Waals surface area contributed by atoms with Crippen LogP contribution in [0.5, 0.6) is 0 Å². The molecule has 2 N–H and O–H groups in total. The lowest BCUT2D eigenvalue weighted by Gasteiger charge is -2.38. The molecule has 0 atom stereocenters. The van der Waals surface area contributed by atoms with Crippen molar-refractivity contribution in [1.29, 1.82) is 0 Å². The van der Waals surface area contributed by atoms with Gasteiger partial charge in [0.1, 0.15) is 0 Å². The molecular weight excluding hydrogens is 552 g/mol. The van der Waals surface area contributed by atoms with Gasteiger partial charge in [0.05, 0.1) is 37.6 Å². The van der Waals surface area contributed by atoms with Crippen LogP contribution in [0.4, 0.5) is 0 Å². The highest BCUT2D eigenvalue weighted by atomic mass is 16.5. The molecule has 44 heavy (non-hydrogen) atoms. The molecule has 0 heterocycles. The summed E-state index contributed by atoms with van der Waals surface area (Å²) in [6.07, 6.45) is 18.0. The summed E-state index contributed by atoms with van der Waals surface area (Å²) < 4.78 is 10.8. The van der Waals surface area contributed by atoms with Crippen LogP contribution in [0.1, 0.15) is 120 Å². The van der Waals surface area contributed by atoms with E-state index in [-0.39, 0.29) is 36.2 Å². The molecule has 0 unspecified atom stereocenters. The predicted octanol–water partition coefficient (Wildman–Crippen LogP) is 7.64. The molecule has 0 saturated heterocycles. The van der Waals surface area contributed by atoms with Crippen molar-refractivity contribution < 1.29 is 29.3 Å². The molecule has 6 nitrogen and oxygen atoms in total. The zero-order valence-corrected chi connectivity index (χ0v) is 27.0. The molecule has 4 rings (SSSR count). The number of esters is 2. The topological polar surface area (TPSA) is 93.1 Å². The van der Waals surface area contributed by atoms with Crippen molar-refractivity contribution in [3.8, 4) is 0 Å². The largest absolute Gasteiger partial charge is 0.462 e. The summed E-state index contributed by atoms with van der Waals surface area (Å²) in [5, 5.41) is 18.4. The van der Waals surface area contributed by atoms with Crippen molar-refractivity contribution in [3.63, 3.8) is 0 Å². The molecule has 0 aliphatic heterocycles. The highest BCUT2D eigenvalue weighted by Gasteiger charge is 2.33. The van der Waals surface area contributed by atoms with E-state index in [0.29, 0.717) is 11.8 Å². The molecule has 0 amide bonds. The molecule has 0 spiro atoms. The lowest BCUT2D eigenvalue weighted by Crippen LogP contribution is -2.31. The molecular formula is C38H56O6. The van der Waals surface area contributed by atoms with Crippen LogP contribution in [0, 0.1) is 29.6 Å². The van der Waals surface area contributed by atoms with E-state index >= 15 is 0 Å². The third-order valence-corrected chi connectivity index (χ3v) is 11.2. The van der Waals surface area contributed by atoms with Gasteiger partial charge in [-0.3, -0.25) is 0 Å². The van der Waals surface area contributed by atoms with Gasteiger partial charge in [0.15, 0.2) is 0 Å². The van der Waals surface area contributed by atoms with Crippen molar-refractivity contribution in [2.75, 3.05) is 26.4 Å². The second kappa shape index (κ2) is 17.3. The van der Waals surface area contributed by atoms with Crippen LogP contribution in [0.15, 0.2) is 48.6 Å². The number of hydrogen-bond acceptors (Lipinski definition) is 6. The van der Waals surface area contributed by atoms with Gasteiger partial charge in [-0.15, -0.1) is 0 Å². The third kappa shape index (κ3) is 9.53. The fourth-order valence-corrected chi connectivity index (χ4v) is 8.26. The van der Waals surface area contributed by atoms with Gasteiger partial charge >= 0.3 is 11.9 Å². The Balaban J connectivity index is 1.25. The van der Waals surface area contributed by atoms with Gasteiger partial charge in [0.2, 0.25) is 0 Å². The second-order valence-corrected chi connectivity index (χ2v) is 13.9. The van der Waals surface area contributed by atoms with Crippen LogP contribution in [0.25, 0.3) is 0 Å². The van der Waals surface area contributed by atoms with Crippen molar-refractivity contribution in [2.45, 2.75) is 109 Å². The first-order chi connectivity index (χ1) is 21.3. The van der Waals surface area contributed by atoms with Crippen LogP contribution in [-0.4, -0.2) is 48.6 Å². The van der Waals surface area contributed by atoms with Gasteiger partial charge in [0, 0.05) is 5.92 Å². The number of aliphatic hydroxyl groups is 2. The van der Waals surface area contributed by atoms with Gasteiger partial charge in [0.25, 0.3) is 0 Å². The van der Waals surface area contributed by atoms with Gasteiger partial charge in [-0.2, -0.15) is 0 Å². The van der Waals surface area contributed by atoms with E-state index in [1.165, 1.54) is 75.3 Å². The quantitative estimate of drug-likeness (QED) is 0.167. The van der Waals surface area contributed by atoms with Crippen molar-refractivity contribution in [3.05, 3.63) is 59.7 Å². The summed E-state index contributed by atoms with van der Waals surface area (Å²) in [4.78, 5) is 24.2. The van der Waals surface area contributed by atoms with Crippen LogP contribution < -0.4 is 0 Å². The van der Waals surface area contributed by atoms with Crippen molar-refractivity contribution in [2.24, 2.45) is 29.6 Å². The number of rotatable bonds is 14. The first-order valence-electron chi connectivity index (χ1n) is 17.3. The summed E-state index contributed by atoms with van der Waals surface area (Å²) in [7, 11) is 0. The number of hydrogen-bond donors (Lipinski definition) is 2. The Morgan fingerprint density at radius 2 is 1.11 bits per heavy atom. The number of ether oxygens (including phenoxy) is 2. The number of aliphatic hydroxyl groups excluding tert-OH is 2. The van der Waals surface area contributed by atoms with Crippen LogP contribution in [0.2, 0.25) is 0 Å². The van der Waals surface area contributed by atoms with Crippen LogP contribution >= 0.6 is 0 Å². The van der Waals surface area contributed by atoms with E-state index in [1.54, 1.807) is 0 Å². The highest BCUT2D eigenvalue weighted by molar-refractivity contribution is 5.88. The zero-order chi connectivity index (χ0) is 31.5. The first kappa shape index (κ1) is 34.4. The van der Waals surface area contributed by atoms with Crippen molar-refractivity contribution in [1.82, 2.24) is 0 Å². The Morgan fingerprint density at radius 3 is 1.52 bits per heavy atom. The molecule has 3 saturated carbocycles. The average Bonchev–Trinajstić information content (AvgIpc) is 3.08. The van der Waals surface area contributed by atoms with Crippen molar-refractivity contribution >= 4 is 11.9 Å². The molecule has 1 aromatic rings. The van der Waals surface area contributed by atoms with E-state index in [1.807, 2.05) is 0 Å². The van der Waals surface area contributed by atoms with Gasteiger partial charge in [-0.05, 0) is 111 Å². The summed E-state index contributed by atoms with van der Waals surface area (Å²) in [6.45, 7) is 8.65. The average molecular weight is 609 g/mol. The molecule has 1 aromatic carbocycles. The minimum atomic E-state index is -0.639. The fraction of sp³-hybridized carbons (Fsp3) is 0.684. The third-order valence-electron chi connectivity index (χ3n) is 11.2. The van der Waals surface area contributed by atoms with Gasteiger partial charge < -0.3 is 19.7 Å². The molecule has 0 radical (unpaired) electrons. The Bertz CT molecular complexity index is 1040. The van der Waals surface area contributed by atoms with Crippen LogP contribution in [-0.2, 0) is 19.1 Å². The van der Waals surface area contributed by atoms with Crippen LogP contribution in [0.3, 0.4) is 0 Å². The Labute approximate surface area is 265 Å². The monoisotopic (exact) mass is 608 g/mol. The van der Waals surface area contributed by atoms with E-state index < -0.39 is 25.2 Å². The van der Waals surface area contributed by atoms with E-state index in [0.717, 1.165) is 43.4 Å². The minimum Gasteiger partial charge on any atom is -0.462 e. The normalized spacial score (nSPS) is 27.5. The smallest absolute Gasteiger partial charge is 0.335 e. The molecule has 6 heteroatoms. The molecule has 0 bridgehead atoms. The summed E-state index contributed by atoms with van der Waals surface area (Å²) in [5.74, 6) is 2.88. The lowest BCUT2D eigenvalue weighted by atomic mass is 9.68. The maximum atomic E-state index is 12.1. The summed E-state index contributed by atoms with van der Waals surface area (Å²) in [5.41, 5.74) is 2.90. The summed E-state index contributed by atoms with van der Waals surface area (Å²) in [6, 6.07) is 9.46. The molecule has 3 aliphatic carbocycles. The predicted molar refractivity (Wildman–Crippen MR) is 174 cm³/mol. The molecule has 244 valence electrons. The maximum absolute atomic E-state index is 12.1. The fourth-order valence-electron chi connectivity index (χ4n) is 8.26. The minimum absolute atomic E-state index is 0.000630. The van der Waals surface area contributed by atoms with E-state index in [9.17, 15) is 19.8 Å². The first-order valence-corrected chi connectivity index (χ1v) is 17.3. The number of benzene rings is 1. The molecule has 0 aromatic heterocycles. The lowest BCUT2D eigenvalue weighted by molar-refractivity contribution is -0.146. The highest BCUT2D eigenvalue weighted by Crippen LogP contribution is 2.45.